The third kappa shape index (κ3) is 2.45. The molecule has 0 bridgehead atoms. The van der Waals surface area contributed by atoms with Crippen molar-refractivity contribution in [3.8, 4) is 11.3 Å². The quantitative estimate of drug-likeness (QED) is 0.778. The summed E-state index contributed by atoms with van der Waals surface area (Å²) in [5, 5.41) is 1.12. The largest absolute Gasteiger partial charge is 0.461 e. The van der Waals surface area contributed by atoms with Gasteiger partial charge in [-0.2, -0.15) is 0 Å². The van der Waals surface area contributed by atoms with Gasteiger partial charge >= 0.3 is 0 Å². The standard InChI is InChI=1S/C17H18N2O/c1-12(8-9-18)16-6-7-17(20-16)14-10-13-4-2-3-5-15(13)19-11-14/h2-7,10-12H,8-9,18H2,1H3. The van der Waals surface area contributed by atoms with Crippen LogP contribution in [-0.4, -0.2) is 11.5 Å². The van der Waals surface area contributed by atoms with Gasteiger partial charge in [0.2, 0.25) is 0 Å². The van der Waals surface area contributed by atoms with E-state index in [1.54, 1.807) is 0 Å². The third-order valence-corrected chi connectivity index (χ3v) is 3.59. The first-order chi connectivity index (χ1) is 9.78. The molecule has 3 aromatic rings. The van der Waals surface area contributed by atoms with E-state index >= 15 is 0 Å². The van der Waals surface area contributed by atoms with Crippen LogP contribution in [-0.2, 0) is 0 Å². The summed E-state index contributed by atoms with van der Waals surface area (Å²) < 4.78 is 5.94. The summed E-state index contributed by atoms with van der Waals surface area (Å²) in [6.07, 6.45) is 2.79. The molecular formula is C17H18N2O. The van der Waals surface area contributed by atoms with Crippen molar-refractivity contribution in [1.29, 1.82) is 0 Å². The molecule has 2 N–H and O–H groups in total. The van der Waals surface area contributed by atoms with Crippen molar-refractivity contribution < 1.29 is 4.42 Å². The van der Waals surface area contributed by atoms with Gasteiger partial charge in [0.25, 0.3) is 0 Å². The Morgan fingerprint density at radius 3 is 2.90 bits per heavy atom. The second-order valence-corrected chi connectivity index (χ2v) is 5.10. The fraction of sp³-hybridized carbons (Fsp3) is 0.235. The lowest BCUT2D eigenvalue weighted by atomic mass is 10.1. The second-order valence-electron chi connectivity index (χ2n) is 5.10. The molecule has 1 unspecified atom stereocenters. The SMILES string of the molecule is CC(CCN)c1ccc(-c2cnc3ccccc3c2)o1. The lowest BCUT2D eigenvalue weighted by Gasteiger charge is -2.06. The van der Waals surface area contributed by atoms with E-state index in [-0.39, 0.29) is 0 Å². The molecule has 0 aliphatic carbocycles. The van der Waals surface area contributed by atoms with Crippen molar-refractivity contribution in [3.63, 3.8) is 0 Å². The van der Waals surface area contributed by atoms with E-state index in [2.05, 4.69) is 24.0 Å². The smallest absolute Gasteiger partial charge is 0.135 e. The number of hydrogen-bond acceptors (Lipinski definition) is 3. The van der Waals surface area contributed by atoms with Gasteiger partial charge in [-0.25, -0.2) is 0 Å². The molecule has 102 valence electrons. The molecule has 0 amide bonds. The van der Waals surface area contributed by atoms with Crippen LogP contribution >= 0.6 is 0 Å². The summed E-state index contributed by atoms with van der Waals surface area (Å²) in [6.45, 7) is 2.81. The van der Waals surface area contributed by atoms with Gasteiger partial charge in [0.05, 0.1) is 5.52 Å². The Morgan fingerprint density at radius 2 is 2.05 bits per heavy atom. The predicted octanol–water partition coefficient (Wildman–Crippen LogP) is 3.95. The zero-order valence-corrected chi connectivity index (χ0v) is 11.5. The topological polar surface area (TPSA) is 52.0 Å². The van der Waals surface area contributed by atoms with Crippen molar-refractivity contribution in [2.24, 2.45) is 5.73 Å². The van der Waals surface area contributed by atoms with Crippen LogP contribution in [0.4, 0.5) is 0 Å². The van der Waals surface area contributed by atoms with Crippen LogP contribution in [0, 0.1) is 0 Å². The number of hydrogen-bond donors (Lipinski definition) is 1. The average molecular weight is 266 g/mol. The Balaban J connectivity index is 1.94. The Morgan fingerprint density at radius 1 is 1.20 bits per heavy atom. The normalized spacial score (nSPS) is 12.7. The first kappa shape index (κ1) is 12.9. The molecule has 3 heteroatoms. The van der Waals surface area contributed by atoms with Crippen LogP contribution in [0.5, 0.6) is 0 Å². The van der Waals surface area contributed by atoms with Crippen LogP contribution in [0.2, 0.25) is 0 Å². The number of aromatic nitrogens is 1. The van der Waals surface area contributed by atoms with Crippen LogP contribution < -0.4 is 5.73 Å². The Kier molecular flexibility index (Phi) is 3.52. The minimum absolute atomic E-state index is 0.349. The second kappa shape index (κ2) is 5.47. The molecule has 1 aromatic carbocycles. The molecule has 0 aliphatic rings. The zero-order chi connectivity index (χ0) is 13.9. The van der Waals surface area contributed by atoms with Crippen molar-refractivity contribution in [3.05, 3.63) is 54.4 Å². The molecule has 0 saturated carbocycles. The zero-order valence-electron chi connectivity index (χ0n) is 11.5. The van der Waals surface area contributed by atoms with Gasteiger partial charge in [0.15, 0.2) is 0 Å². The average Bonchev–Trinajstić information content (AvgIpc) is 2.97. The number of benzene rings is 1. The lowest BCUT2D eigenvalue weighted by molar-refractivity contribution is 0.474. The summed E-state index contributed by atoms with van der Waals surface area (Å²) in [7, 11) is 0. The maximum Gasteiger partial charge on any atom is 0.135 e. The van der Waals surface area contributed by atoms with Crippen molar-refractivity contribution in [2.45, 2.75) is 19.3 Å². The van der Waals surface area contributed by atoms with Crippen LogP contribution in [0.15, 0.2) is 53.1 Å². The summed E-state index contributed by atoms with van der Waals surface area (Å²) in [5.41, 5.74) is 7.60. The third-order valence-electron chi connectivity index (χ3n) is 3.59. The van der Waals surface area contributed by atoms with Gasteiger partial charge in [-0.15, -0.1) is 0 Å². The number of nitrogens with zero attached hydrogens (tertiary/aromatic N) is 1. The summed E-state index contributed by atoms with van der Waals surface area (Å²) in [6, 6.07) is 14.2. The molecule has 0 fully saturated rings. The maximum atomic E-state index is 5.94. The monoisotopic (exact) mass is 266 g/mol. The van der Waals surface area contributed by atoms with E-state index < -0.39 is 0 Å². The molecule has 2 heterocycles. The van der Waals surface area contributed by atoms with Crippen molar-refractivity contribution in [2.75, 3.05) is 6.54 Å². The number of nitrogens with two attached hydrogens (primary N) is 1. The fourth-order valence-corrected chi connectivity index (χ4v) is 2.37. The van der Waals surface area contributed by atoms with E-state index in [0.29, 0.717) is 12.5 Å². The maximum absolute atomic E-state index is 5.94. The number of furan rings is 1. The van der Waals surface area contributed by atoms with Gasteiger partial charge in [-0.1, -0.05) is 25.1 Å². The fourth-order valence-electron chi connectivity index (χ4n) is 2.37. The minimum Gasteiger partial charge on any atom is -0.461 e. The highest BCUT2D eigenvalue weighted by Crippen LogP contribution is 2.28. The van der Waals surface area contributed by atoms with Gasteiger partial charge in [0, 0.05) is 23.1 Å². The number of fused-ring (bicyclic) bond motifs is 1. The lowest BCUT2D eigenvalue weighted by Crippen LogP contribution is -2.03. The van der Waals surface area contributed by atoms with Gasteiger partial charge < -0.3 is 10.2 Å². The first-order valence-corrected chi connectivity index (χ1v) is 6.93. The van der Waals surface area contributed by atoms with Gasteiger partial charge in [-0.3, -0.25) is 4.98 Å². The highest BCUT2D eigenvalue weighted by Gasteiger charge is 2.11. The highest BCUT2D eigenvalue weighted by atomic mass is 16.3. The van der Waals surface area contributed by atoms with E-state index in [4.69, 9.17) is 10.2 Å². The summed E-state index contributed by atoms with van der Waals surface area (Å²) >= 11 is 0. The molecule has 0 spiro atoms. The molecule has 1 atom stereocenters. The van der Waals surface area contributed by atoms with Gasteiger partial charge in [0.1, 0.15) is 11.5 Å². The molecule has 2 aromatic heterocycles. The number of rotatable bonds is 4. The van der Waals surface area contributed by atoms with Crippen molar-refractivity contribution in [1.82, 2.24) is 4.98 Å². The van der Waals surface area contributed by atoms with Crippen LogP contribution in [0.3, 0.4) is 0 Å². The van der Waals surface area contributed by atoms with Crippen LogP contribution in [0.25, 0.3) is 22.2 Å². The van der Waals surface area contributed by atoms with E-state index in [1.165, 1.54) is 0 Å². The van der Waals surface area contributed by atoms with E-state index in [0.717, 1.165) is 34.4 Å². The first-order valence-electron chi connectivity index (χ1n) is 6.93. The molecule has 3 nitrogen and oxygen atoms in total. The number of para-hydroxylation sites is 1. The number of pyridine rings is 1. The molecule has 20 heavy (non-hydrogen) atoms. The highest BCUT2D eigenvalue weighted by molar-refractivity contribution is 5.82. The molecule has 3 rings (SSSR count). The Hall–Kier alpha value is -2.13. The minimum atomic E-state index is 0.349. The molecular weight excluding hydrogens is 248 g/mol. The van der Waals surface area contributed by atoms with Crippen LogP contribution in [0.1, 0.15) is 25.0 Å². The molecule has 0 saturated heterocycles. The summed E-state index contributed by atoms with van der Waals surface area (Å²) in [4.78, 5) is 4.47. The summed E-state index contributed by atoms with van der Waals surface area (Å²) in [5.74, 6) is 2.20. The Bertz CT molecular complexity index is 718. The predicted molar refractivity (Wildman–Crippen MR) is 81.5 cm³/mol. The van der Waals surface area contributed by atoms with E-state index in [1.807, 2.05) is 36.5 Å². The molecule has 0 aliphatic heterocycles. The Labute approximate surface area is 118 Å². The molecule has 0 radical (unpaired) electrons. The van der Waals surface area contributed by atoms with E-state index in [9.17, 15) is 0 Å². The van der Waals surface area contributed by atoms with Crippen molar-refractivity contribution >= 4 is 10.9 Å². The van der Waals surface area contributed by atoms with Gasteiger partial charge in [-0.05, 0) is 37.2 Å².